The minimum Gasteiger partial charge on any atom is -0.387 e. The zero-order valence-corrected chi connectivity index (χ0v) is 15.0. The van der Waals surface area contributed by atoms with Crippen LogP contribution in [-0.4, -0.2) is 32.9 Å². The van der Waals surface area contributed by atoms with Crippen LogP contribution in [0.25, 0.3) is 5.69 Å². The van der Waals surface area contributed by atoms with Crippen LogP contribution in [0.1, 0.15) is 29.4 Å². The van der Waals surface area contributed by atoms with Crippen LogP contribution in [0, 0.1) is 5.92 Å². The molecule has 25 heavy (non-hydrogen) atoms. The number of para-hydroxylation sites is 1. The van der Waals surface area contributed by atoms with Crippen LogP contribution >= 0.6 is 11.3 Å². The molecule has 1 atom stereocenters. The molecule has 0 bridgehead atoms. The zero-order valence-electron chi connectivity index (χ0n) is 14.2. The van der Waals surface area contributed by atoms with Gasteiger partial charge in [0.05, 0.1) is 18.0 Å². The SMILES string of the molecule is OC(c1cccs1)C1CCN(Cc2cnn(-c3ccccc3)c2)CC1. The van der Waals surface area contributed by atoms with Gasteiger partial charge in [0, 0.05) is 23.2 Å². The van der Waals surface area contributed by atoms with E-state index in [1.165, 1.54) is 5.56 Å². The van der Waals surface area contributed by atoms with Gasteiger partial charge in [0.15, 0.2) is 0 Å². The number of rotatable bonds is 5. The summed E-state index contributed by atoms with van der Waals surface area (Å²) in [5.41, 5.74) is 2.33. The monoisotopic (exact) mass is 353 g/mol. The number of nitrogens with zero attached hydrogens (tertiary/aromatic N) is 3. The fraction of sp³-hybridized carbons (Fsp3) is 0.350. The molecular formula is C20H23N3OS. The normalized spacial score (nSPS) is 17.6. The minimum atomic E-state index is -0.303. The molecule has 0 spiro atoms. The first-order chi connectivity index (χ1) is 12.3. The number of aromatic nitrogens is 2. The van der Waals surface area contributed by atoms with E-state index in [2.05, 4.69) is 28.3 Å². The Morgan fingerprint density at radius 2 is 1.92 bits per heavy atom. The van der Waals surface area contributed by atoms with Crippen LogP contribution in [0.5, 0.6) is 0 Å². The minimum absolute atomic E-state index is 0.303. The first kappa shape index (κ1) is 16.5. The Hall–Kier alpha value is -1.95. The summed E-state index contributed by atoms with van der Waals surface area (Å²) in [6, 6.07) is 14.3. The Bertz CT molecular complexity index is 776. The highest BCUT2D eigenvalue weighted by Crippen LogP contribution is 2.33. The van der Waals surface area contributed by atoms with Crippen LogP contribution in [0.3, 0.4) is 0 Å². The molecule has 3 aromatic rings. The Labute approximate surface area is 152 Å². The number of aliphatic hydroxyl groups is 1. The van der Waals surface area contributed by atoms with Gasteiger partial charge in [-0.3, -0.25) is 4.90 Å². The largest absolute Gasteiger partial charge is 0.387 e. The number of benzene rings is 1. The second-order valence-electron chi connectivity index (χ2n) is 6.70. The quantitative estimate of drug-likeness (QED) is 0.757. The van der Waals surface area contributed by atoms with Crippen molar-refractivity contribution in [3.05, 3.63) is 70.7 Å². The standard InChI is InChI=1S/C20H23N3OS/c24-20(19-7-4-12-25-19)17-8-10-22(11-9-17)14-16-13-21-23(15-16)18-5-2-1-3-6-18/h1-7,12-13,15,17,20,24H,8-11,14H2. The molecule has 4 rings (SSSR count). The molecule has 1 aliphatic rings. The van der Waals surface area contributed by atoms with Gasteiger partial charge in [-0.15, -0.1) is 11.3 Å². The lowest BCUT2D eigenvalue weighted by Gasteiger charge is -2.33. The highest BCUT2D eigenvalue weighted by Gasteiger charge is 2.26. The van der Waals surface area contributed by atoms with Crippen LogP contribution < -0.4 is 0 Å². The Morgan fingerprint density at radius 1 is 1.12 bits per heavy atom. The average Bonchev–Trinajstić information content (AvgIpc) is 3.35. The van der Waals surface area contributed by atoms with E-state index >= 15 is 0 Å². The van der Waals surface area contributed by atoms with Crippen molar-refractivity contribution in [2.75, 3.05) is 13.1 Å². The molecule has 1 fully saturated rings. The van der Waals surface area contributed by atoms with Crippen molar-refractivity contribution < 1.29 is 5.11 Å². The first-order valence-electron chi connectivity index (χ1n) is 8.82. The fourth-order valence-corrected chi connectivity index (χ4v) is 4.34. The fourth-order valence-electron chi connectivity index (χ4n) is 3.54. The number of likely N-dealkylation sites (tertiary alicyclic amines) is 1. The Kier molecular flexibility index (Phi) is 4.97. The maximum Gasteiger partial charge on any atom is 0.0910 e. The highest BCUT2D eigenvalue weighted by molar-refractivity contribution is 7.10. The third-order valence-corrected chi connectivity index (χ3v) is 5.92. The number of aliphatic hydroxyl groups excluding tert-OH is 1. The molecule has 0 amide bonds. The molecule has 3 heterocycles. The van der Waals surface area contributed by atoms with Gasteiger partial charge in [-0.25, -0.2) is 4.68 Å². The van der Waals surface area contributed by atoms with Gasteiger partial charge in [0.25, 0.3) is 0 Å². The van der Waals surface area contributed by atoms with Crippen molar-refractivity contribution in [2.45, 2.75) is 25.5 Å². The molecular weight excluding hydrogens is 330 g/mol. The molecule has 4 nitrogen and oxygen atoms in total. The van der Waals surface area contributed by atoms with E-state index in [0.29, 0.717) is 5.92 Å². The third-order valence-electron chi connectivity index (χ3n) is 4.98. The summed E-state index contributed by atoms with van der Waals surface area (Å²) in [6.07, 6.45) is 5.86. The summed E-state index contributed by atoms with van der Waals surface area (Å²) in [4.78, 5) is 3.56. The molecule has 0 radical (unpaired) electrons. The Morgan fingerprint density at radius 3 is 2.64 bits per heavy atom. The Balaban J connectivity index is 1.32. The predicted octanol–water partition coefficient (Wildman–Crippen LogP) is 3.88. The van der Waals surface area contributed by atoms with Crippen LogP contribution in [0.2, 0.25) is 0 Å². The summed E-state index contributed by atoms with van der Waals surface area (Å²) >= 11 is 1.65. The third kappa shape index (κ3) is 3.84. The van der Waals surface area contributed by atoms with Crippen molar-refractivity contribution in [3.63, 3.8) is 0 Å². The van der Waals surface area contributed by atoms with Gasteiger partial charge >= 0.3 is 0 Å². The van der Waals surface area contributed by atoms with E-state index in [1.807, 2.05) is 46.6 Å². The van der Waals surface area contributed by atoms with Gasteiger partial charge in [-0.1, -0.05) is 24.3 Å². The van der Waals surface area contributed by atoms with Crippen LogP contribution in [0.15, 0.2) is 60.2 Å². The van der Waals surface area contributed by atoms with E-state index < -0.39 is 0 Å². The van der Waals surface area contributed by atoms with E-state index in [-0.39, 0.29) is 6.10 Å². The average molecular weight is 353 g/mol. The highest BCUT2D eigenvalue weighted by atomic mass is 32.1. The van der Waals surface area contributed by atoms with Crippen molar-refractivity contribution >= 4 is 11.3 Å². The van der Waals surface area contributed by atoms with E-state index in [4.69, 9.17) is 0 Å². The van der Waals surface area contributed by atoms with E-state index in [0.717, 1.165) is 43.0 Å². The molecule has 1 aromatic carbocycles. The van der Waals surface area contributed by atoms with E-state index in [1.54, 1.807) is 11.3 Å². The smallest absolute Gasteiger partial charge is 0.0910 e. The molecule has 0 saturated carbocycles. The maximum atomic E-state index is 10.5. The van der Waals surface area contributed by atoms with Gasteiger partial charge in [-0.05, 0) is 55.4 Å². The number of thiophene rings is 1. The topological polar surface area (TPSA) is 41.3 Å². The summed E-state index contributed by atoms with van der Waals surface area (Å²) in [7, 11) is 0. The van der Waals surface area contributed by atoms with Gasteiger partial charge in [-0.2, -0.15) is 5.10 Å². The lowest BCUT2D eigenvalue weighted by atomic mass is 9.90. The summed E-state index contributed by atoms with van der Waals surface area (Å²) in [5, 5.41) is 17.0. The number of hydrogen-bond donors (Lipinski definition) is 1. The van der Waals surface area contributed by atoms with E-state index in [9.17, 15) is 5.11 Å². The van der Waals surface area contributed by atoms with Gasteiger partial charge in [0.1, 0.15) is 0 Å². The molecule has 1 N–H and O–H groups in total. The molecule has 5 heteroatoms. The molecule has 1 aliphatic heterocycles. The molecule has 2 aromatic heterocycles. The molecule has 130 valence electrons. The van der Waals surface area contributed by atoms with Crippen LogP contribution in [0.4, 0.5) is 0 Å². The summed E-state index contributed by atoms with van der Waals surface area (Å²) < 4.78 is 1.93. The second kappa shape index (κ2) is 7.52. The maximum absolute atomic E-state index is 10.5. The lowest BCUT2D eigenvalue weighted by molar-refractivity contribution is 0.0591. The van der Waals surface area contributed by atoms with Crippen molar-refractivity contribution in [3.8, 4) is 5.69 Å². The zero-order chi connectivity index (χ0) is 17.1. The number of hydrogen-bond acceptors (Lipinski definition) is 4. The predicted molar refractivity (Wildman–Crippen MR) is 101 cm³/mol. The molecule has 1 unspecified atom stereocenters. The van der Waals surface area contributed by atoms with Crippen LogP contribution in [-0.2, 0) is 6.54 Å². The van der Waals surface area contributed by atoms with Gasteiger partial charge < -0.3 is 5.11 Å². The van der Waals surface area contributed by atoms with Crippen molar-refractivity contribution in [1.29, 1.82) is 0 Å². The summed E-state index contributed by atoms with van der Waals surface area (Å²) in [5.74, 6) is 0.377. The van der Waals surface area contributed by atoms with Crippen molar-refractivity contribution in [1.82, 2.24) is 14.7 Å². The van der Waals surface area contributed by atoms with Gasteiger partial charge in [0.2, 0.25) is 0 Å². The first-order valence-corrected chi connectivity index (χ1v) is 9.70. The molecule has 1 saturated heterocycles. The number of piperidine rings is 1. The van der Waals surface area contributed by atoms with Crippen molar-refractivity contribution in [2.24, 2.45) is 5.92 Å². The summed E-state index contributed by atoms with van der Waals surface area (Å²) in [6.45, 7) is 2.99. The lowest BCUT2D eigenvalue weighted by Crippen LogP contribution is -2.35. The second-order valence-corrected chi connectivity index (χ2v) is 7.68. The molecule has 0 aliphatic carbocycles.